The summed E-state index contributed by atoms with van der Waals surface area (Å²) in [6, 6.07) is 4.02. The number of nitrogens with one attached hydrogen (secondary N) is 2. The van der Waals surface area contributed by atoms with Crippen molar-refractivity contribution in [1.29, 1.82) is 0 Å². The standard InChI is InChI=1S/C14H21FN2O3/c1-10-11(15)5-4-6-12(10)16-13(19)17-14(2,7-8-18)9-20-3/h4-6,18H,7-9H2,1-3H3,(H2,16,17,19). The van der Waals surface area contributed by atoms with E-state index in [2.05, 4.69) is 10.6 Å². The number of aliphatic hydroxyl groups excluding tert-OH is 1. The molecule has 6 heteroatoms. The molecule has 1 rings (SSSR count). The van der Waals surface area contributed by atoms with E-state index in [1.807, 2.05) is 0 Å². The highest BCUT2D eigenvalue weighted by Gasteiger charge is 2.26. The van der Waals surface area contributed by atoms with Gasteiger partial charge in [0.05, 0.1) is 12.1 Å². The topological polar surface area (TPSA) is 70.6 Å². The van der Waals surface area contributed by atoms with E-state index in [4.69, 9.17) is 9.84 Å². The van der Waals surface area contributed by atoms with Crippen LogP contribution in [0.25, 0.3) is 0 Å². The molecule has 0 spiro atoms. The van der Waals surface area contributed by atoms with Gasteiger partial charge in [-0.2, -0.15) is 0 Å². The zero-order chi connectivity index (χ0) is 15.2. The lowest BCUT2D eigenvalue weighted by molar-refractivity contribution is 0.104. The van der Waals surface area contributed by atoms with Crippen molar-refractivity contribution in [2.24, 2.45) is 0 Å². The van der Waals surface area contributed by atoms with Crippen LogP contribution in [-0.2, 0) is 4.74 Å². The van der Waals surface area contributed by atoms with Gasteiger partial charge < -0.3 is 20.5 Å². The molecule has 0 saturated heterocycles. The molecule has 0 saturated carbocycles. The van der Waals surface area contributed by atoms with Crippen LogP contribution in [0, 0.1) is 12.7 Å². The van der Waals surface area contributed by atoms with E-state index in [1.54, 1.807) is 19.9 Å². The Hall–Kier alpha value is -1.66. The molecule has 0 fully saturated rings. The maximum Gasteiger partial charge on any atom is 0.319 e. The van der Waals surface area contributed by atoms with Crippen LogP contribution in [0.4, 0.5) is 14.9 Å². The first-order valence-electron chi connectivity index (χ1n) is 6.36. The van der Waals surface area contributed by atoms with Crippen molar-refractivity contribution in [1.82, 2.24) is 5.32 Å². The zero-order valence-corrected chi connectivity index (χ0v) is 12.0. The Bertz CT molecular complexity index is 460. The highest BCUT2D eigenvalue weighted by Crippen LogP contribution is 2.18. The summed E-state index contributed by atoms with van der Waals surface area (Å²) >= 11 is 0. The Kier molecular flexibility index (Phi) is 5.91. The third-order valence-electron chi connectivity index (χ3n) is 3.06. The largest absolute Gasteiger partial charge is 0.396 e. The lowest BCUT2D eigenvalue weighted by atomic mass is 10.00. The molecule has 0 aliphatic carbocycles. The summed E-state index contributed by atoms with van der Waals surface area (Å²) < 4.78 is 18.4. The molecule has 0 aromatic heterocycles. The molecule has 1 aromatic carbocycles. The SMILES string of the molecule is COCC(C)(CCO)NC(=O)Nc1cccc(F)c1C. The van der Waals surface area contributed by atoms with Crippen LogP contribution < -0.4 is 10.6 Å². The van der Waals surface area contributed by atoms with Gasteiger partial charge in [0.15, 0.2) is 0 Å². The second-order valence-electron chi connectivity index (χ2n) is 4.96. The Morgan fingerprint density at radius 3 is 2.80 bits per heavy atom. The van der Waals surface area contributed by atoms with E-state index >= 15 is 0 Å². The molecule has 5 nitrogen and oxygen atoms in total. The average molecular weight is 284 g/mol. The summed E-state index contributed by atoms with van der Waals surface area (Å²) in [6.07, 6.45) is 0.358. The van der Waals surface area contributed by atoms with Crippen molar-refractivity contribution in [3.8, 4) is 0 Å². The van der Waals surface area contributed by atoms with Gasteiger partial charge in [0.2, 0.25) is 0 Å². The second-order valence-corrected chi connectivity index (χ2v) is 4.96. The van der Waals surface area contributed by atoms with Gasteiger partial charge in [0, 0.05) is 25.0 Å². The Morgan fingerprint density at radius 1 is 1.50 bits per heavy atom. The van der Waals surface area contributed by atoms with Gasteiger partial charge in [-0.05, 0) is 32.4 Å². The lowest BCUT2D eigenvalue weighted by Gasteiger charge is -2.29. The summed E-state index contributed by atoms with van der Waals surface area (Å²) in [7, 11) is 1.52. The number of amides is 2. The predicted octanol–water partition coefficient (Wildman–Crippen LogP) is 2.04. The number of urea groups is 1. The summed E-state index contributed by atoms with van der Waals surface area (Å²) in [5, 5.41) is 14.4. The van der Waals surface area contributed by atoms with Crippen LogP contribution in [0.2, 0.25) is 0 Å². The highest BCUT2D eigenvalue weighted by molar-refractivity contribution is 5.90. The van der Waals surface area contributed by atoms with Gasteiger partial charge in [0.1, 0.15) is 5.82 Å². The van der Waals surface area contributed by atoms with Crippen LogP contribution in [-0.4, -0.2) is 37.0 Å². The molecule has 1 unspecified atom stereocenters. The molecule has 0 heterocycles. The second kappa shape index (κ2) is 7.21. The van der Waals surface area contributed by atoms with Crippen molar-refractivity contribution >= 4 is 11.7 Å². The summed E-state index contributed by atoms with van der Waals surface area (Å²) in [6.45, 7) is 3.56. The minimum Gasteiger partial charge on any atom is -0.396 e. The molecule has 0 radical (unpaired) electrons. The van der Waals surface area contributed by atoms with Gasteiger partial charge >= 0.3 is 6.03 Å². The highest BCUT2D eigenvalue weighted by atomic mass is 19.1. The maximum absolute atomic E-state index is 13.4. The molecule has 1 atom stereocenters. The summed E-state index contributed by atoms with van der Waals surface area (Å²) in [5.41, 5.74) is 0.0963. The van der Waals surface area contributed by atoms with Crippen molar-refractivity contribution < 1.29 is 19.0 Å². The molecule has 0 aliphatic heterocycles. The van der Waals surface area contributed by atoms with E-state index < -0.39 is 11.6 Å². The number of ether oxygens (including phenoxy) is 1. The Labute approximate surface area is 118 Å². The molecule has 0 bridgehead atoms. The molecule has 2 amide bonds. The van der Waals surface area contributed by atoms with Crippen LogP contribution in [0.15, 0.2) is 18.2 Å². The van der Waals surface area contributed by atoms with Gasteiger partial charge in [-0.25, -0.2) is 9.18 Å². The van der Waals surface area contributed by atoms with E-state index in [-0.39, 0.29) is 19.0 Å². The van der Waals surface area contributed by atoms with Gasteiger partial charge in [0.25, 0.3) is 0 Å². The van der Waals surface area contributed by atoms with E-state index in [1.165, 1.54) is 19.2 Å². The summed E-state index contributed by atoms with van der Waals surface area (Å²) in [4.78, 5) is 12.0. The van der Waals surface area contributed by atoms with E-state index in [0.717, 1.165) is 0 Å². The molecule has 20 heavy (non-hydrogen) atoms. The van der Waals surface area contributed by atoms with Gasteiger partial charge in [-0.15, -0.1) is 0 Å². The minimum atomic E-state index is -0.686. The number of rotatable bonds is 6. The van der Waals surface area contributed by atoms with Gasteiger partial charge in [-0.3, -0.25) is 0 Å². The first kappa shape index (κ1) is 16.4. The fourth-order valence-electron chi connectivity index (χ4n) is 1.91. The third kappa shape index (κ3) is 4.47. The zero-order valence-electron chi connectivity index (χ0n) is 12.0. The number of hydrogen-bond donors (Lipinski definition) is 3. The van der Waals surface area contributed by atoms with Crippen molar-refractivity contribution in [2.75, 3.05) is 25.6 Å². The molecular weight excluding hydrogens is 263 g/mol. The molecule has 0 aliphatic rings. The molecule has 112 valence electrons. The number of carbonyl (C=O) groups excluding carboxylic acids is 1. The normalized spacial score (nSPS) is 13.7. The van der Waals surface area contributed by atoms with Crippen LogP contribution in [0.1, 0.15) is 18.9 Å². The fraction of sp³-hybridized carbons (Fsp3) is 0.500. The van der Waals surface area contributed by atoms with Gasteiger partial charge in [-0.1, -0.05) is 6.07 Å². The van der Waals surface area contributed by atoms with Crippen LogP contribution in [0.5, 0.6) is 0 Å². The van der Waals surface area contributed by atoms with E-state index in [9.17, 15) is 9.18 Å². The van der Waals surface area contributed by atoms with Crippen molar-refractivity contribution in [3.05, 3.63) is 29.6 Å². The first-order valence-corrected chi connectivity index (χ1v) is 6.36. The quantitative estimate of drug-likeness (QED) is 0.748. The van der Waals surface area contributed by atoms with E-state index in [0.29, 0.717) is 17.7 Å². The predicted molar refractivity (Wildman–Crippen MR) is 75.3 cm³/mol. The minimum absolute atomic E-state index is 0.0703. The number of halogens is 1. The molecule has 3 N–H and O–H groups in total. The maximum atomic E-state index is 13.4. The fourth-order valence-corrected chi connectivity index (χ4v) is 1.91. The summed E-state index contributed by atoms with van der Waals surface area (Å²) in [5.74, 6) is -0.377. The first-order chi connectivity index (χ1) is 9.41. The number of aliphatic hydroxyl groups is 1. The number of carbonyl (C=O) groups is 1. The Balaban J connectivity index is 2.73. The molecular formula is C14H21FN2O3. The number of benzene rings is 1. The smallest absolute Gasteiger partial charge is 0.319 e. The van der Waals surface area contributed by atoms with Crippen LogP contribution in [0.3, 0.4) is 0 Å². The van der Waals surface area contributed by atoms with Crippen molar-refractivity contribution in [3.63, 3.8) is 0 Å². The lowest BCUT2D eigenvalue weighted by Crippen LogP contribution is -2.51. The Morgan fingerprint density at radius 2 is 2.20 bits per heavy atom. The number of hydrogen-bond acceptors (Lipinski definition) is 3. The molecule has 1 aromatic rings. The number of methoxy groups -OCH3 is 1. The monoisotopic (exact) mass is 284 g/mol. The average Bonchev–Trinajstić information content (AvgIpc) is 2.35. The van der Waals surface area contributed by atoms with Crippen molar-refractivity contribution in [2.45, 2.75) is 25.8 Å². The number of anilines is 1. The third-order valence-corrected chi connectivity index (χ3v) is 3.06. The van der Waals surface area contributed by atoms with Crippen LogP contribution >= 0.6 is 0 Å².